The maximum Gasteiger partial charge on any atom is 0.490 e. The molecule has 2 atom stereocenters. The first-order chi connectivity index (χ1) is 13.2. The van der Waals surface area contributed by atoms with Gasteiger partial charge in [0.05, 0.1) is 30.1 Å². The number of aromatic nitrogens is 3. The molecule has 0 unspecified atom stereocenters. The van der Waals surface area contributed by atoms with Crippen molar-refractivity contribution >= 4 is 11.9 Å². The van der Waals surface area contributed by atoms with Crippen LogP contribution in [0.3, 0.4) is 0 Å². The molecule has 0 radical (unpaired) electrons. The standard InChI is InChI=1S/C15H16N4O2.C2HF3O2/c20-14-4-7-19(15(21)12-3-6-17-18-10-12)13(14)8-11-2-1-5-16-9-11;3-2(4,5)1(6)7/h1-3,5-6,9-10,13-14,20H,4,7-8H2;(H,6,7)/t13-,14-;/m0./s1. The summed E-state index contributed by atoms with van der Waals surface area (Å²) < 4.78 is 31.7. The summed E-state index contributed by atoms with van der Waals surface area (Å²) in [7, 11) is 0. The van der Waals surface area contributed by atoms with E-state index in [2.05, 4.69) is 15.2 Å². The van der Waals surface area contributed by atoms with Gasteiger partial charge in [-0.05, 0) is 30.5 Å². The average molecular weight is 398 g/mol. The monoisotopic (exact) mass is 398 g/mol. The summed E-state index contributed by atoms with van der Waals surface area (Å²) >= 11 is 0. The lowest BCUT2D eigenvalue weighted by molar-refractivity contribution is -0.192. The van der Waals surface area contributed by atoms with Gasteiger partial charge in [0.2, 0.25) is 0 Å². The maximum absolute atomic E-state index is 12.5. The zero-order valence-electron chi connectivity index (χ0n) is 14.5. The van der Waals surface area contributed by atoms with Crippen molar-refractivity contribution in [3.63, 3.8) is 0 Å². The molecule has 28 heavy (non-hydrogen) atoms. The van der Waals surface area contributed by atoms with Gasteiger partial charge in [0, 0.05) is 18.9 Å². The second-order valence-corrected chi connectivity index (χ2v) is 5.92. The van der Waals surface area contributed by atoms with Gasteiger partial charge in [0.25, 0.3) is 5.91 Å². The Labute approximate surface area is 157 Å². The fourth-order valence-electron chi connectivity index (χ4n) is 2.68. The van der Waals surface area contributed by atoms with Gasteiger partial charge in [-0.2, -0.15) is 23.4 Å². The Morgan fingerprint density at radius 1 is 1.18 bits per heavy atom. The smallest absolute Gasteiger partial charge is 0.475 e. The molecule has 1 aliphatic heterocycles. The van der Waals surface area contributed by atoms with Crippen LogP contribution in [0.25, 0.3) is 0 Å². The maximum atomic E-state index is 12.5. The van der Waals surface area contributed by atoms with Gasteiger partial charge in [-0.15, -0.1) is 0 Å². The fourth-order valence-corrected chi connectivity index (χ4v) is 2.68. The zero-order chi connectivity index (χ0) is 20.7. The molecule has 0 saturated carbocycles. The molecule has 2 aromatic heterocycles. The number of aliphatic hydroxyl groups excluding tert-OH is 1. The van der Waals surface area contributed by atoms with Gasteiger partial charge in [0.15, 0.2) is 0 Å². The number of amides is 1. The topological polar surface area (TPSA) is 117 Å². The predicted octanol–water partition coefficient (Wildman–Crippen LogP) is 1.32. The van der Waals surface area contributed by atoms with Crippen LogP contribution < -0.4 is 0 Å². The van der Waals surface area contributed by atoms with E-state index in [1.807, 2.05) is 12.1 Å². The third kappa shape index (κ3) is 5.71. The van der Waals surface area contributed by atoms with E-state index in [-0.39, 0.29) is 11.9 Å². The van der Waals surface area contributed by atoms with Gasteiger partial charge >= 0.3 is 12.1 Å². The van der Waals surface area contributed by atoms with Crippen LogP contribution in [0.4, 0.5) is 13.2 Å². The second kappa shape index (κ2) is 9.22. The molecule has 0 aliphatic carbocycles. The highest BCUT2D eigenvalue weighted by molar-refractivity contribution is 5.94. The van der Waals surface area contributed by atoms with Crippen LogP contribution in [0.2, 0.25) is 0 Å². The number of hydrogen-bond donors (Lipinski definition) is 2. The molecule has 3 heterocycles. The van der Waals surface area contributed by atoms with Gasteiger partial charge in [0.1, 0.15) is 0 Å². The van der Waals surface area contributed by atoms with E-state index >= 15 is 0 Å². The number of carbonyl (C=O) groups is 2. The number of carbonyl (C=O) groups excluding carboxylic acids is 1. The normalized spacial score (nSPS) is 18.9. The first kappa shape index (κ1) is 21.2. The minimum absolute atomic E-state index is 0.115. The molecular formula is C17H17F3N4O4. The van der Waals surface area contributed by atoms with Gasteiger partial charge in [-0.25, -0.2) is 4.79 Å². The van der Waals surface area contributed by atoms with E-state index in [1.165, 1.54) is 12.4 Å². The molecule has 2 aromatic rings. The van der Waals surface area contributed by atoms with Crippen molar-refractivity contribution in [2.75, 3.05) is 6.54 Å². The Kier molecular flexibility index (Phi) is 6.99. The Balaban J connectivity index is 0.000000345. The molecule has 2 N–H and O–H groups in total. The number of carboxylic acid groups (broad SMARTS) is 1. The van der Waals surface area contributed by atoms with Gasteiger partial charge in [-0.1, -0.05) is 6.07 Å². The number of halogens is 3. The highest BCUT2D eigenvalue weighted by Crippen LogP contribution is 2.23. The van der Waals surface area contributed by atoms with Crippen molar-refractivity contribution in [3.05, 3.63) is 54.1 Å². The number of carboxylic acids is 1. The summed E-state index contributed by atoms with van der Waals surface area (Å²) in [5.74, 6) is -2.87. The summed E-state index contributed by atoms with van der Waals surface area (Å²) in [6, 6.07) is 5.22. The Bertz CT molecular complexity index is 790. The van der Waals surface area contributed by atoms with E-state index in [9.17, 15) is 23.1 Å². The molecular weight excluding hydrogens is 381 g/mol. The molecule has 8 nitrogen and oxygen atoms in total. The number of aliphatic hydroxyl groups is 1. The van der Waals surface area contributed by atoms with Crippen molar-refractivity contribution < 1.29 is 33.0 Å². The minimum atomic E-state index is -5.08. The number of nitrogens with zero attached hydrogens (tertiary/aromatic N) is 4. The lowest BCUT2D eigenvalue weighted by atomic mass is 10.0. The second-order valence-electron chi connectivity index (χ2n) is 5.92. The van der Waals surface area contributed by atoms with Gasteiger partial charge in [-0.3, -0.25) is 9.78 Å². The Hall–Kier alpha value is -3.08. The summed E-state index contributed by atoms with van der Waals surface area (Å²) in [4.78, 5) is 27.2. The quantitative estimate of drug-likeness (QED) is 0.801. The number of pyridine rings is 1. The summed E-state index contributed by atoms with van der Waals surface area (Å²) in [6.45, 7) is 0.549. The fraction of sp³-hybridized carbons (Fsp3) is 0.353. The first-order valence-electron chi connectivity index (χ1n) is 8.15. The van der Waals surface area contributed by atoms with E-state index in [0.717, 1.165) is 5.56 Å². The van der Waals surface area contributed by atoms with E-state index in [1.54, 1.807) is 23.4 Å². The molecule has 1 aliphatic rings. The molecule has 0 bridgehead atoms. The Morgan fingerprint density at radius 3 is 2.43 bits per heavy atom. The lowest BCUT2D eigenvalue weighted by Crippen LogP contribution is -2.41. The molecule has 3 rings (SSSR count). The SMILES string of the molecule is O=C(O)C(F)(F)F.O=C(c1ccnnc1)N1CC[C@H](O)[C@@H]1Cc1cccnc1. The average Bonchev–Trinajstić information content (AvgIpc) is 3.03. The van der Waals surface area contributed by atoms with Crippen molar-refractivity contribution in [1.82, 2.24) is 20.1 Å². The van der Waals surface area contributed by atoms with Crippen LogP contribution in [0, 0.1) is 0 Å². The zero-order valence-corrected chi connectivity index (χ0v) is 14.5. The van der Waals surface area contributed by atoms with Crippen molar-refractivity contribution in [2.24, 2.45) is 0 Å². The summed E-state index contributed by atoms with van der Waals surface area (Å²) in [6.07, 6.45) is 2.02. The van der Waals surface area contributed by atoms with Crippen LogP contribution in [0.1, 0.15) is 22.3 Å². The van der Waals surface area contributed by atoms with Crippen LogP contribution >= 0.6 is 0 Å². The molecule has 1 amide bonds. The number of alkyl halides is 3. The predicted molar refractivity (Wildman–Crippen MR) is 89.1 cm³/mol. The highest BCUT2D eigenvalue weighted by atomic mass is 19.4. The largest absolute Gasteiger partial charge is 0.490 e. The number of hydrogen-bond acceptors (Lipinski definition) is 6. The van der Waals surface area contributed by atoms with Crippen LogP contribution in [0.15, 0.2) is 43.0 Å². The lowest BCUT2D eigenvalue weighted by Gasteiger charge is -2.26. The third-order valence-electron chi connectivity index (χ3n) is 4.01. The first-order valence-corrected chi connectivity index (χ1v) is 8.15. The highest BCUT2D eigenvalue weighted by Gasteiger charge is 2.38. The van der Waals surface area contributed by atoms with Crippen molar-refractivity contribution in [3.8, 4) is 0 Å². The molecule has 11 heteroatoms. The summed E-state index contributed by atoms with van der Waals surface area (Å²) in [5, 5.41) is 24.7. The molecule has 0 spiro atoms. The molecule has 0 aromatic carbocycles. The summed E-state index contributed by atoms with van der Waals surface area (Å²) in [5.41, 5.74) is 1.50. The minimum Gasteiger partial charge on any atom is -0.475 e. The number of rotatable bonds is 3. The van der Waals surface area contributed by atoms with Crippen LogP contribution in [-0.2, 0) is 11.2 Å². The number of likely N-dealkylation sites (tertiary alicyclic amines) is 1. The Morgan fingerprint density at radius 2 is 1.89 bits per heavy atom. The van der Waals surface area contributed by atoms with E-state index < -0.39 is 18.2 Å². The van der Waals surface area contributed by atoms with Crippen LogP contribution in [-0.4, -0.2) is 67.0 Å². The molecule has 1 saturated heterocycles. The van der Waals surface area contributed by atoms with E-state index in [0.29, 0.717) is 24.9 Å². The van der Waals surface area contributed by atoms with E-state index in [4.69, 9.17) is 9.90 Å². The third-order valence-corrected chi connectivity index (χ3v) is 4.01. The van der Waals surface area contributed by atoms with Crippen LogP contribution in [0.5, 0.6) is 0 Å². The molecule has 150 valence electrons. The van der Waals surface area contributed by atoms with Crippen molar-refractivity contribution in [2.45, 2.75) is 31.2 Å². The van der Waals surface area contributed by atoms with Crippen molar-refractivity contribution in [1.29, 1.82) is 0 Å². The number of aliphatic carboxylic acids is 1. The van der Waals surface area contributed by atoms with Gasteiger partial charge < -0.3 is 15.1 Å². The molecule has 1 fully saturated rings.